The zero-order chi connectivity index (χ0) is 25.6. The third-order valence-corrected chi connectivity index (χ3v) is 6.33. The Labute approximate surface area is 209 Å². The van der Waals surface area contributed by atoms with E-state index in [-0.39, 0.29) is 18.2 Å². The van der Waals surface area contributed by atoms with E-state index in [9.17, 15) is 18.4 Å². The van der Waals surface area contributed by atoms with Crippen LogP contribution in [0.2, 0.25) is 0 Å². The van der Waals surface area contributed by atoms with Crippen LogP contribution in [0.5, 0.6) is 23.0 Å². The second kappa shape index (κ2) is 8.74. The van der Waals surface area contributed by atoms with Crippen LogP contribution in [0.3, 0.4) is 0 Å². The molecule has 6 rings (SSSR count). The highest BCUT2D eigenvalue weighted by Gasteiger charge is 2.56. The summed E-state index contributed by atoms with van der Waals surface area (Å²) in [7, 11) is 0. The van der Waals surface area contributed by atoms with Gasteiger partial charge in [0.15, 0.2) is 23.1 Å². The van der Waals surface area contributed by atoms with Crippen LogP contribution in [-0.4, -0.2) is 23.6 Å². The van der Waals surface area contributed by atoms with Gasteiger partial charge in [0.05, 0.1) is 5.52 Å². The molecule has 0 unspecified atom stereocenters. The molecule has 10 heteroatoms. The van der Waals surface area contributed by atoms with Gasteiger partial charge >= 0.3 is 0 Å². The Hall–Kier alpha value is -4.73. The van der Waals surface area contributed by atoms with Gasteiger partial charge in [-0.1, -0.05) is 0 Å². The molecule has 1 saturated carbocycles. The first-order valence-corrected chi connectivity index (χ1v) is 11.5. The minimum absolute atomic E-state index is 0.0571. The average Bonchev–Trinajstić information content (AvgIpc) is 3.58. The number of ether oxygens (including phenoxy) is 3. The van der Waals surface area contributed by atoms with Crippen LogP contribution in [-0.2, 0) is 9.59 Å². The number of anilines is 2. The van der Waals surface area contributed by atoms with Crippen LogP contribution in [0, 0.1) is 17.0 Å². The summed E-state index contributed by atoms with van der Waals surface area (Å²) >= 11 is 0. The summed E-state index contributed by atoms with van der Waals surface area (Å²) in [6, 6.07) is 14.3. The van der Waals surface area contributed by atoms with E-state index in [2.05, 4.69) is 15.6 Å². The van der Waals surface area contributed by atoms with Gasteiger partial charge in [-0.25, -0.2) is 8.78 Å². The van der Waals surface area contributed by atoms with Gasteiger partial charge in [-0.15, -0.1) is 0 Å². The molecule has 2 heterocycles. The number of pyridine rings is 1. The van der Waals surface area contributed by atoms with Crippen molar-refractivity contribution in [2.45, 2.75) is 12.8 Å². The molecule has 2 N–H and O–H groups in total. The predicted molar refractivity (Wildman–Crippen MR) is 130 cm³/mol. The molecule has 1 aliphatic carbocycles. The molecule has 1 aliphatic heterocycles. The summed E-state index contributed by atoms with van der Waals surface area (Å²) in [5.41, 5.74) is -0.105. The minimum Gasteiger partial charge on any atom is -0.454 e. The lowest BCUT2D eigenvalue weighted by molar-refractivity contribution is -0.131. The minimum atomic E-state index is -1.26. The van der Waals surface area contributed by atoms with Gasteiger partial charge in [0.2, 0.25) is 18.6 Å². The summed E-state index contributed by atoms with van der Waals surface area (Å²) in [5, 5.41) is 5.87. The van der Waals surface area contributed by atoms with Gasteiger partial charge in [0, 0.05) is 35.1 Å². The number of carbonyl (C=O) groups excluding carboxylic acids is 2. The van der Waals surface area contributed by atoms with E-state index in [0.29, 0.717) is 46.7 Å². The topological polar surface area (TPSA) is 98.8 Å². The molecule has 1 aromatic heterocycles. The van der Waals surface area contributed by atoms with Crippen molar-refractivity contribution in [3.8, 4) is 23.0 Å². The Kier molecular flexibility index (Phi) is 5.36. The number of nitrogens with zero attached hydrogens (tertiary/aromatic N) is 1. The standard InChI is InChI=1S/C27H19F2N3O5/c28-15-1-3-16(4-2-15)31-25(33)27(8-9-27)26(34)32-17-5-6-22(19(29)11-17)37-21-7-10-30-20-13-24-23(12-18(20)21)35-14-36-24/h1-7,10-13H,8-9,14H2,(H,31,33)(H,32,34). The Balaban J connectivity index is 1.17. The van der Waals surface area contributed by atoms with Crippen molar-refractivity contribution in [1.82, 2.24) is 4.98 Å². The highest BCUT2D eigenvalue weighted by Crippen LogP contribution is 2.47. The Bertz CT molecular complexity index is 1550. The van der Waals surface area contributed by atoms with E-state index in [4.69, 9.17) is 14.2 Å². The van der Waals surface area contributed by atoms with Gasteiger partial charge < -0.3 is 24.8 Å². The predicted octanol–water partition coefficient (Wildman–Crippen LogP) is 5.39. The van der Waals surface area contributed by atoms with E-state index in [1.165, 1.54) is 36.4 Å². The van der Waals surface area contributed by atoms with Gasteiger partial charge in [-0.2, -0.15) is 0 Å². The second-order valence-electron chi connectivity index (χ2n) is 8.78. The lowest BCUT2D eigenvalue weighted by atomic mass is 10.0. The van der Waals surface area contributed by atoms with Crippen LogP contribution < -0.4 is 24.8 Å². The fraction of sp³-hybridized carbons (Fsp3) is 0.148. The van der Waals surface area contributed by atoms with Crippen molar-refractivity contribution in [2.75, 3.05) is 17.4 Å². The molecule has 37 heavy (non-hydrogen) atoms. The number of benzene rings is 3. The van der Waals surface area contributed by atoms with Gasteiger partial charge in [-0.05, 0) is 61.4 Å². The third-order valence-electron chi connectivity index (χ3n) is 6.33. The summed E-state index contributed by atoms with van der Waals surface area (Å²) in [6.45, 7) is 0.110. The molecule has 186 valence electrons. The van der Waals surface area contributed by atoms with Crippen LogP contribution >= 0.6 is 0 Å². The number of hydrogen-bond acceptors (Lipinski definition) is 6. The smallest absolute Gasteiger partial charge is 0.240 e. The van der Waals surface area contributed by atoms with E-state index >= 15 is 0 Å². The van der Waals surface area contributed by atoms with Crippen LogP contribution in [0.15, 0.2) is 66.9 Å². The monoisotopic (exact) mass is 503 g/mol. The van der Waals surface area contributed by atoms with Crippen molar-refractivity contribution in [1.29, 1.82) is 0 Å². The number of fused-ring (bicyclic) bond motifs is 2. The van der Waals surface area contributed by atoms with Crippen LogP contribution in [0.25, 0.3) is 10.9 Å². The SMILES string of the molecule is O=C(Nc1ccc(F)cc1)C1(C(=O)Nc2ccc(Oc3ccnc4cc5c(cc34)OCO5)c(F)c2)CC1. The molecule has 0 bridgehead atoms. The fourth-order valence-electron chi connectivity index (χ4n) is 4.10. The molecule has 8 nitrogen and oxygen atoms in total. The molecule has 0 spiro atoms. The van der Waals surface area contributed by atoms with Crippen molar-refractivity contribution in [3.05, 3.63) is 78.5 Å². The largest absolute Gasteiger partial charge is 0.454 e. The molecular weight excluding hydrogens is 484 g/mol. The molecule has 2 aliphatic rings. The molecule has 0 atom stereocenters. The number of amides is 2. The highest BCUT2D eigenvalue weighted by molar-refractivity contribution is 6.16. The average molecular weight is 503 g/mol. The van der Waals surface area contributed by atoms with Crippen molar-refractivity contribution in [2.24, 2.45) is 5.41 Å². The Morgan fingerprint density at radius 3 is 2.22 bits per heavy atom. The van der Waals surface area contributed by atoms with Crippen molar-refractivity contribution >= 4 is 34.1 Å². The van der Waals surface area contributed by atoms with E-state index in [1.807, 2.05) is 0 Å². The maximum absolute atomic E-state index is 15.0. The van der Waals surface area contributed by atoms with Gasteiger partial charge in [-0.3, -0.25) is 14.6 Å². The highest BCUT2D eigenvalue weighted by atomic mass is 19.1. The molecule has 0 saturated heterocycles. The zero-order valence-corrected chi connectivity index (χ0v) is 19.2. The number of aromatic nitrogens is 1. The van der Waals surface area contributed by atoms with E-state index in [0.717, 1.165) is 6.07 Å². The van der Waals surface area contributed by atoms with Gasteiger partial charge in [0.1, 0.15) is 17.0 Å². The maximum atomic E-state index is 15.0. The molecule has 2 amide bonds. The first kappa shape index (κ1) is 22.7. The fourth-order valence-corrected chi connectivity index (χ4v) is 4.10. The van der Waals surface area contributed by atoms with E-state index < -0.39 is 28.9 Å². The lowest BCUT2D eigenvalue weighted by Gasteiger charge is -2.16. The number of hydrogen-bond donors (Lipinski definition) is 2. The van der Waals surface area contributed by atoms with Crippen molar-refractivity contribution < 1.29 is 32.6 Å². The quantitative estimate of drug-likeness (QED) is 0.342. The second-order valence-corrected chi connectivity index (χ2v) is 8.78. The Morgan fingerprint density at radius 1 is 0.838 bits per heavy atom. The molecule has 1 fully saturated rings. The number of nitrogens with one attached hydrogen (secondary N) is 2. The lowest BCUT2D eigenvalue weighted by Crippen LogP contribution is -2.35. The van der Waals surface area contributed by atoms with Gasteiger partial charge in [0.25, 0.3) is 0 Å². The number of halogens is 2. The Morgan fingerprint density at radius 2 is 1.51 bits per heavy atom. The number of carbonyl (C=O) groups is 2. The first-order chi connectivity index (χ1) is 17.9. The first-order valence-electron chi connectivity index (χ1n) is 11.5. The summed E-state index contributed by atoms with van der Waals surface area (Å²) in [6.07, 6.45) is 2.24. The third kappa shape index (κ3) is 4.26. The molecule has 4 aromatic rings. The summed E-state index contributed by atoms with van der Waals surface area (Å²) in [4.78, 5) is 29.9. The maximum Gasteiger partial charge on any atom is 0.240 e. The zero-order valence-electron chi connectivity index (χ0n) is 19.2. The van der Waals surface area contributed by atoms with Crippen LogP contribution in [0.4, 0.5) is 20.2 Å². The molecular formula is C27H19F2N3O5. The summed E-state index contributed by atoms with van der Waals surface area (Å²) in [5.74, 6) is -0.755. The van der Waals surface area contributed by atoms with E-state index in [1.54, 1.807) is 24.4 Å². The number of rotatable bonds is 6. The molecule has 0 radical (unpaired) electrons. The summed E-state index contributed by atoms with van der Waals surface area (Å²) < 4.78 is 44.7. The van der Waals surface area contributed by atoms with Crippen molar-refractivity contribution in [3.63, 3.8) is 0 Å². The molecule has 3 aromatic carbocycles. The van der Waals surface area contributed by atoms with Crippen LogP contribution in [0.1, 0.15) is 12.8 Å². The normalized spacial score (nSPS) is 14.8.